The third-order valence-corrected chi connectivity index (χ3v) is 3.79. The normalized spacial score (nSPS) is 45.5. The van der Waals surface area contributed by atoms with E-state index in [1.165, 1.54) is 0 Å². The summed E-state index contributed by atoms with van der Waals surface area (Å²) in [5.41, 5.74) is -3.23. The molecule has 2 aliphatic rings. The zero-order valence-corrected chi connectivity index (χ0v) is 9.49. The van der Waals surface area contributed by atoms with Crippen LogP contribution in [0, 0.1) is 0 Å². The van der Waals surface area contributed by atoms with Crippen LogP contribution < -0.4 is 0 Å². The third-order valence-electron chi connectivity index (χ3n) is 2.98. The van der Waals surface area contributed by atoms with Crippen LogP contribution in [0.25, 0.3) is 0 Å². The predicted octanol–water partition coefficient (Wildman–Crippen LogP) is -2.74. The molecule has 0 aromatic heterocycles. The zero-order valence-electron chi connectivity index (χ0n) is 7.49. The summed E-state index contributed by atoms with van der Waals surface area (Å²) in [7, 11) is 0.112. The molecule has 0 aliphatic carbocycles. The van der Waals surface area contributed by atoms with Gasteiger partial charge in [-0.25, -0.2) is 0 Å². The molecule has 3 N–H and O–H groups in total. The van der Waals surface area contributed by atoms with Crippen LogP contribution in [0.3, 0.4) is 0 Å². The highest BCUT2D eigenvalue weighted by atomic mass is 28.1. The monoisotopic (exact) mass is 206 g/mol. The Kier molecular flexibility index (Phi) is 1.86. The van der Waals surface area contributed by atoms with Gasteiger partial charge in [-0.3, -0.25) is 0 Å². The summed E-state index contributed by atoms with van der Waals surface area (Å²) in [6.07, 6.45) is 0.831. The summed E-state index contributed by atoms with van der Waals surface area (Å²) in [6.45, 7) is 0.885. The summed E-state index contributed by atoms with van der Waals surface area (Å²) < 4.78 is 10.1. The fourth-order valence-electron chi connectivity index (χ4n) is 1.97. The van der Waals surface area contributed by atoms with E-state index >= 15 is 0 Å². The van der Waals surface area contributed by atoms with Gasteiger partial charge in [0.25, 0.3) is 0 Å². The van der Waals surface area contributed by atoms with Crippen molar-refractivity contribution in [1.82, 2.24) is 0 Å². The maximum Gasteiger partial charge on any atom is 0.202 e. The maximum absolute atomic E-state index is 9.87. The maximum atomic E-state index is 9.87. The fraction of sp³-hybridized carbons (Fsp3) is 1.00. The summed E-state index contributed by atoms with van der Waals surface area (Å²) in [5, 5.41) is 29.0. The first kappa shape index (κ1) is 9.57. The molecule has 0 bridgehead atoms. The second kappa shape index (κ2) is 2.53. The van der Waals surface area contributed by atoms with E-state index in [1.54, 1.807) is 0 Å². The molecule has 6 heteroatoms. The topological polar surface area (TPSA) is 79.2 Å². The van der Waals surface area contributed by atoms with Crippen molar-refractivity contribution in [2.24, 2.45) is 0 Å². The van der Waals surface area contributed by atoms with Crippen molar-refractivity contribution in [2.75, 3.05) is 13.2 Å². The van der Waals surface area contributed by atoms with Gasteiger partial charge in [-0.2, -0.15) is 0 Å². The van der Waals surface area contributed by atoms with Crippen LogP contribution in [0.15, 0.2) is 0 Å². The van der Waals surface area contributed by atoms with E-state index in [0.29, 0.717) is 26.1 Å². The Balaban J connectivity index is 2.25. The van der Waals surface area contributed by atoms with Gasteiger partial charge < -0.3 is 24.8 Å². The Morgan fingerprint density at radius 3 is 1.69 bits per heavy atom. The number of ether oxygens (including phenoxy) is 2. The van der Waals surface area contributed by atoms with Crippen LogP contribution in [0.4, 0.5) is 0 Å². The highest BCUT2D eigenvalue weighted by Gasteiger charge is 2.68. The Labute approximate surface area is 78.7 Å². The number of rotatable bonds is 2. The summed E-state index contributed by atoms with van der Waals surface area (Å²) in [5.74, 6) is -1.49. The van der Waals surface area contributed by atoms with Crippen molar-refractivity contribution in [1.29, 1.82) is 0 Å². The van der Waals surface area contributed by atoms with E-state index in [-0.39, 0.29) is 10.2 Å². The molecule has 2 saturated heterocycles. The van der Waals surface area contributed by atoms with Gasteiger partial charge in [-0.1, -0.05) is 0 Å². The van der Waals surface area contributed by atoms with Gasteiger partial charge in [0.05, 0.1) is 23.5 Å². The Hall–Kier alpha value is 0.0169. The van der Waals surface area contributed by atoms with Crippen molar-refractivity contribution in [3.63, 3.8) is 0 Å². The van der Waals surface area contributed by atoms with Crippen LogP contribution in [-0.4, -0.2) is 55.6 Å². The average molecular weight is 206 g/mol. The second-order valence-corrected chi connectivity index (χ2v) is 5.22. The summed E-state index contributed by atoms with van der Waals surface area (Å²) in [4.78, 5) is 0. The Morgan fingerprint density at radius 1 is 1.15 bits per heavy atom. The van der Waals surface area contributed by atoms with Crippen LogP contribution in [-0.2, 0) is 9.47 Å². The first-order valence-corrected chi connectivity index (χ1v) is 5.36. The molecule has 2 heterocycles. The molecular formula is C7H14O5Si. The van der Waals surface area contributed by atoms with E-state index in [0.717, 1.165) is 0 Å². The molecule has 0 aromatic rings. The molecule has 13 heavy (non-hydrogen) atoms. The largest absolute Gasteiger partial charge is 0.367 e. The molecule has 2 fully saturated rings. The van der Waals surface area contributed by atoms with Crippen molar-refractivity contribution >= 4 is 10.2 Å². The van der Waals surface area contributed by atoms with Gasteiger partial charge in [0.2, 0.25) is 5.79 Å². The lowest BCUT2D eigenvalue weighted by Crippen LogP contribution is -2.77. The van der Waals surface area contributed by atoms with Crippen molar-refractivity contribution in [3.05, 3.63) is 0 Å². The van der Waals surface area contributed by atoms with Crippen LogP contribution in [0.1, 0.15) is 12.8 Å². The number of aliphatic hydroxyl groups is 3. The molecular weight excluding hydrogens is 192 g/mol. The van der Waals surface area contributed by atoms with Gasteiger partial charge in [-0.05, 0) is 0 Å². The summed E-state index contributed by atoms with van der Waals surface area (Å²) >= 11 is 0. The fourth-order valence-corrected chi connectivity index (χ4v) is 2.76. The Morgan fingerprint density at radius 2 is 1.62 bits per heavy atom. The van der Waals surface area contributed by atoms with Gasteiger partial charge in [0.15, 0.2) is 11.0 Å². The third kappa shape index (κ3) is 1.04. The number of hydrogen-bond donors (Lipinski definition) is 3. The highest BCUT2D eigenvalue weighted by molar-refractivity contribution is 6.14. The molecule has 2 rings (SSSR count). The van der Waals surface area contributed by atoms with Crippen LogP contribution in [0.2, 0.25) is 0 Å². The van der Waals surface area contributed by atoms with Crippen molar-refractivity contribution in [2.45, 2.75) is 29.6 Å². The minimum Gasteiger partial charge on any atom is -0.367 e. The number of hydrogen-bond acceptors (Lipinski definition) is 5. The molecule has 0 spiro atoms. The smallest absolute Gasteiger partial charge is 0.202 e. The summed E-state index contributed by atoms with van der Waals surface area (Å²) in [6, 6.07) is 0. The van der Waals surface area contributed by atoms with E-state index in [2.05, 4.69) is 0 Å². The lowest BCUT2D eigenvalue weighted by molar-refractivity contribution is -0.445. The molecule has 0 amide bonds. The first-order chi connectivity index (χ1) is 5.91. The molecule has 0 aromatic carbocycles. The lowest BCUT2D eigenvalue weighted by Gasteiger charge is -2.59. The predicted molar refractivity (Wildman–Crippen MR) is 45.9 cm³/mol. The Bertz CT molecular complexity index is 215. The molecule has 2 unspecified atom stereocenters. The van der Waals surface area contributed by atoms with Gasteiger partial charge in [0.1, 0.15) is 0 Å². The zero-order chi connectivity index (χ0) is 9.74. The van der Waals surface area contributed by atoms with E-state index in [1.807, 2.05) is 0 Å². The van der Waals surface area contributed by atoms with Gasteiger partial charge in [-0.15, -0.1) is 0 Å². The lowest BCUT2D eigenvalue weighted by atomic mass is 9.80. The average Bonchev–Trinajstić information content (AvgIpc) is 1.77. The van der Waals surface area contributed by atoms with E-state index < -0.39 is 16.8 Å². The minimum atomic E-state index is -1.93. The standard InChI is InChI=1S/C7H14O5Si/c8-6(2-4-12-6)5(1-3-11-5)7(9,10)13/h8-10H,1-4H2,13H3. The quantitative estimate of drug-likeness (QED) is 0.337. The minimum absolute atomic E-state index is 0.112. The molecule has 0 saturated carbocycles. The van der Waals surface area contributed by atoms with E-state index in [4.69, 9.17) is 9.47 Å². The SMILES string of the molecule is OC(O)([SiH3])C1(C2(O)CCO2)CCO1. The molecule has 2 atom stereocenters. The van der Waals surface area contributed by atoms with Crippen molar-refractivity contribution in [3.8, 4) is 0 Å². The molecule has 76 valence electrons. The van der Waals surface area contributed by atoms with Crippen molar-refractivity contribution < 1.29 is 24.8 Å². The van der Waals surface area contributed by atoms with Gasteiger partial charge >= 0.3 is 0 Å². The molecule has 2 aliphatic heterocycles. The molecule has 0 radical (unpaired) electrons. The van der Waals surface area contributed by atoms with Crippen LogP contribution >= 0.6 is 0 Å². The first-order valence-electron chi connectivity index (χ1n) is 4.36. The second-order valence-electron chi connectivity index (χ2n) is 3.83. The van der Waals surface area contributed by atoms with Crippen LogP contribution in [0.5, 0.6) is 0 Å². The molecule has 5 nitrogen and oxygen atoms in total. The van der Waals surface area contributed by atoms with Gasteiger partial charge in [0, 0.05) is 12.8 Å². The highest BCUT2D eigenvalue weighted by Crippen LogP contribution is 2.49. The van der Waals surface area contributed by atoms with E-state index in [9.17, 15) is 15.3 Å².